The van der Waals surface area contributed by atoms with Crippen molar-refractivity contribution in [3.05, 3.63) is 35.5 Å². The highest BCUT2D eigenvalue weighted by Gasteiger charge is 2.78. The second kappa shape index (κ2) is 7.17. The molecule has 3 fully saturated rings. The lowest BCUT2D eigenvalue weighted by Gasteiger charge is -2.61. The average molecular weight is 493 g/mol. The van der Waals surface area contributed by atoms with E-state index in [0.29, 0.717) is 5.57 Å². The fourth-order valence-electron chi connectivity index (χ4n) is 7.36. The summed E-state index contributed by atoms with van der Waals surface area (Å²) in [6, 6.07) is 0. The summed E-state index contributed by atoms with van der Waals surface area (Å²) < 4.78 is 50.1. The lowest BCUT2D eigenvalue weighted by atomic mass is 9.45. The van der Waals surface area contributed by atoms with Gasteiger partial charge >= 0.3 is 5.97 Å². The normalized spacial score (nSPS) is 47.1. The highest BCUT2D eigenvalue weighted by Crippen LogP contribution is 2.70. The zero-order valence-electron chi connectivity index (χ0n) is 20.4. The molecule has 4 aliphatic carbocycles. The van der Waals surface area contributed by atoms with E-state index < -0.39 is 76.3 Å². The van der Waals surface area contributed by atoms with E-state index >= 15 is 8.78 Å². The average Bonchev–Trinajstić information content (AvgIpc) is 3.16. The molecule has 1 aliphatic heterocycles. The summed E-state index contributed by atoms with van der Waals surface area (Å²) in [6.45, 7) is 7.08. The van der Waals surface area contributed by atoms with Crippen LogP contribution in [0.5, 0.6) is 0 Å². The number of fused-ring (bicyclic) bond motifs is 7. The third-order valence-electron chi connectivity index (χ3n) is 8.85. The summed E-state index contributed by atoms with van der Waals surface area (Å²) in [4.78, 5) is 37.0. The number of Topliss-reactive ketones (excluding diaryl/α,β-unsaturated/α-hetero) is 1. The molecule has 7 nitrogen and oxygen atoms in total. The van der Waals surface area contributed by atoms with Crippen LogP contribution in [-0.2, 0) is 28.6 Å². The van der Waals surface area contributed by atoms with Gasteiger partial charge in [0.2, 0.25) is 5.78 Å². The predicted molar refractivity (Wildman–Crippen MR) is 118 cm³/mol. The Kier molecular flexibility index (Phi) is 5.01. The van der Waals surface area contributed by atoms with E-state index in [4.69, 9.17) is 14.2 Å². The number of ether oxygens (including phenoxy) is 3. The van der Waals surface area contributed by atoms with Gasteiger partial charge in [0.15, 0.2) is 29.4 Å². The number of alkyl halides is 2. The molecule has 2 saturated carbocycles. The van der Waals surface area contributed by atoms with Crippen LogP contribution in [0.3, 0.4) is 0 Å². The molecule has 0 spiro atoms. The first-order chi connectivity index (χ1) is 16.1. The van der Waals surface area contributed by atoms with Crippen LogP contribution in [-0.4, -0.2) is 64.7 Å². The smallest absolute Gasteiger partial charge is 0.303 e. The molecule has 0 unspecified atom stereocenters. The van der Waals surface area contributed by atoms with Crippen molar-refractivity contribution in [2.75, 3.05) is 6.61 Å². The summed E-state index contributed by atoms with van der Waals surface area (Å²) in [6.07, 6.45) is 0.619. The van der Waals surface area contributed by atoms with Crippen molar-refractivity contribution in [3.63, 3.8) is 0 Å². The van der Waals surface area contributed by atoms with Gasteiger partial charge in [0, 0.05) is 23.7 Å². The van der Waals surface area contributed by atoms with Crippen LogP contribution in [0.4, 0.5) is 8.78 Å². The maximum atomic E-state index is 17.3. The second-order valence-corrected chi connectivity index (χ2v) is 11.2. The monoisotopic (exact) mass is 492 g/mol. The van der Waals surface area contributed by atoms with Crippen LogP contribution in [0.15, 0.2) is 35.5 Å². The zero-order valence-corrected chi connectivity index (χ0v) is 20.4. The van der Waals surface area contributed by atoms with E-state index in [1.54, 1.807) is 26.8 Å². The summed E-state index contributed by atoms with van der Waals surface area (Å²) in [5.41, 5.74) is -6.38. The Hall–Kier alpha value is -2.23. The van der Waals surface area contributed by atoms with E-state index in [2.05, 4.69) is 0 Å². The highest BCUT2D eigenvalue weighted by atomic mass is 19.1. The van der Waals surface area contributed by atoms with Crippen LogP contribution in [0, 0.1) is 16.7 Å². The molecule has 9 heteroatoms. The molecule has 0 aromatic carbocycles. The molecule has 0 bridgehead atoms. The van der Waals surface area contributed by atoms with Crippen LogP contribution >= 0.6 is 0 Å². The zero-order chi connectivity index (χ0) is 25.8. The predicted octanol–water partition coefficient (Wildman–Crippen LogP) is 2.86. The molecule has 1 heterocycles. The summed E-state index contributed by atoms with van der Waals surface area (Å²) in [7, 11) is 0. The fourth-order valence-corrected chi connectivity index (χ4v) is 7.36. The van der Waals surface area contributed by atoms with Crippen LogP contribution in [0.2, 0.25) is 0 Å². The molecule has 5 rings (SSSR count). The molecule has 5 aliphatic rings. The maximum absolute atomic E-state index is 17.3. The minimum Gasteiger partial charge on any atom is -0.458 e. The van der Waals surface area contributed by atoms with Gasteiger partial charge in [-0.15, -0.1) is 0 Å². The number of rotatable bonds is 3. The minimum absolute atomic E-state index is 0.0134. The number of hydrogen-bond donors (Lipinski definition) is 1. The van der Waals surface area contributed by atoms with Gasteiger partial charge < -0.3 is 19.3 Å². The lowest BCUT2D eigenvalue weighted by Crippen LogP contribution is -2.69. The number of allylic oxidation sites excluding steroid dienone is 4. The molecule has 1 saturated heterocycles. The van der Waals surface area contributed by atoms with Crippen molar-refractivity contribution in [1.82, 2.24) is 0 Å². The van der Waals surface area contributed by atoms with E-state index in [9.17, 15) is 19.5 Å². The van der Waals surface area contributed by atoms with Crippen LogP contribution in [0.25, 0.3) is 0 Å². The highest BCUT2D eigenvalue weighted by molar-refractivity contribution is 6.01. The van der Waals surface area contributed by atoms with Gasteiger partial charge in [-0.05, 0) is 51.3 Å². The van der Waals surface area contributed by atoms with Crippen LogP contribution in [0.1, 0.15) is 47.5 Å². The third kappa shape index (κ3) is 2.89. The first-order valence-electron chi connectivity index (χ1n) is 11.9. The van der Waals surface area contributed by atoms with Gasteiger partial charge in [0.25, 0.3) is 0 Å². The number of carbonyl (C=O) groups is 3. The standard InChI is InChI=1S/C26H30F2O7/c1-13(29)33-12-20(32)26-21(34-22(2,3)35-26)10-15-16-9-18(27)17-8-14(30)6-7-23(17,4)25(16,28)19(31)11-24(15,26)5/h6-8,10,16,18-19,21,31H,9,11-12H2,1-5H3/t16-,18-,19-,21+,23-,24-,25-,26+/m0/s1. The summed E-state index contributed by atoms with van der Waals surface area (Å²) in [5, 5.41) is 11.4. The quantitative estimate of drug-likeness (QED) is 0.478. The number of halogens is 2. The number of hydrogen-bond acceptors (Lipinski definition) is 7. The molecule has 0 radical (unpaired) electrons. The van der Waals surface area contributed by atoms with E-state index in [1.165, 1.54) is 26.0 Å². The van der Waals surface area contributed by atoms with Gasteiger partial charge in [0.1, 0.15) is 12.3 Å². The Balaban J connectivity index is 1.65. The van der Waals surface area contributed by atoms with Crippen molar-refractivity contribution in [3.8, 4) is 0 Å². The molecule has 0 amide bonds. The number of carbonyl (C=O) groups excluding carboxylic acids is 3. The molecular formula is C26H30F2O7. The first-order valence-corrected chi connectivity index (χ1v) is 11.9. The Bertz CT molecular complexity index is 1120. The molecule has 1 N–H and O–H groups in total. The first kappa shape index (κ1) is 24.5. The Morgan fingerprint density at radius 1 is 1.23 bits per heavy atom. The maximum Gasteiger partial charge on any atom is 0.303 e. The number of ketones is 2. The van der Waals surface area contributed by atoms with Gasteiger partial charge in [-0.1, -0.05) is 24.6 Å². The van der Waals surface area contributed by atoms with Gasteiger partial charge in [-0.3, -0.25) is 14.4 Å². The Labute approximate surface area is 202 Å². The molecule has 35 heavy (non-hydrogen) atoms. The van der Waals surface area contributed by atoms with Crippen LogP contribution < -0.4 is 0 Å². The number of esters is 1. The lowest BCUT2D eigenvalue weighted by molar-refractivity contribution is -0.214. The van der Waals surface area contributed by atoms with E-state index in [0.717, 1.165) is 6.08 Å². The second-order valence-electron chi connectivity index (χ2n) is 11.2. The molecule has 190 valence electrons. The van der Waals surface area contributed by atoms with Gasteiger partial charge in [-0.2, -0.15) is 0 Å². The van der Waals surface area contributed by atoms with Crippen molar-refractivity contribution < 1.29 is 42.5 Å². The summed E-state index contributed by atoms with van der Waals surface area (Å²) >= 11 is 0. The Morgan fingerprint density at radius 3 is 2.57 bits per heavy atom. The molecular weight excluding hydrogens is 462 g/mol. The number of aliphatic hydroxyl groups is 1. The van der Waals surface area contributed by atoms with Gasteiger partial charge in [-0.25, -0.2) is 8.78 Å². The molecule has 8 atom stereocenters. The minimum atomic E-state index is -2.34. The molecule has 0 aromatic heterocycles. The van der Waals surface area contributed by atoms with E-state index in [-0.39, 0.29) is 18.4 Å². The summed E-state index contributed by atoms with van der Waals surface area (Å²) in [5.74, 6) is -3.93. The van der Waals surface area contributed by atoms with E-state index in [1.807, 2.05) is 0 Å². The number of aliphatic hydroxyl groups excluding tert-OH is 1. The molecule has 0 aromatic rings. The van der Waals surface area contributed by atoms with Crippen molar-refractivity contribution >= 4 is 17.5 Å². The largest absolute Gasteiger partial charge is 0.458 e. The Morgan fingerprint density at radius 2 is 1.91 bits per heavy atom. The van der Waals surface area contributed by atoms with Crippen molar-refractivity contribution in [1.29, 1.82) is 0 Å². The van der Waals surface area contributed by atoms with Crippen molar-refractivity contribution in [2.24, 2.45) is 16.7 Å². The van der Waals surface area contributed by atoms with Gasteiger partial charge in [0.05, 0.1) is 6.10 Å². The topological polar surface area (TPSA) is 99.1 Å². The SMILES string of the molecule is CC(=O)OCC(=O)[C@@]12OC(C)(C)O[C@@H]1C=C1[C@@H]3C[C@H](F)C4=CC(=O)C=C[C@]4(C)[C@@]3(F)[C@@H](O)C[C@@]12C. The fraction of sp³-hybridized carbons (Fsp3) is 0.654. The van der Waals surface area contributed by atoms with Crippen molar-refractivity contribution in [2.45, 2.75) is 82.9 Å². The third-order valence-corrected chi connectivity index (χ3v) is 8.85.